The Bertz CT molecular complexity index is 707. The standard InChI is InChI=1S/C16H23BO4S2/c1-15(2)16(3,4)21-17(20-15)13(11-22)9-12-7-6-8-14(10-12)23(5,18)19/h6-10,22H,11H2,1-5H3. The third-order valence-electron chi connectivity index (χ3n) is 4.38. The third kappa shape index (κ3) is 4.02. The predicted octanol–water partition coefficient (Wildman–Crippen LogP) is 3.03. The Labute approximate surface area is 144 Å². The average molecular weight is 354 g/mol. The zero-order valence-electron chi connectivity index (χ0n) is 14.2. The van der Waals surface area contributed by atoms with Crippen LogP contribution in [0.5, 0.6) is 0 Å². The maximum Gasteiger partial charge on any atom is 0.491 e. The van der Waals surface area contributed by atoms with E-state index in [-0.39, 0.29) is 0 Å². The maximum atomic E-state index is 11.7. The van der Waals surface area contributed by atoms with Crippen molar-refractivity contribution in [2.45, 2.75) is 43.8 Å². The number of hydrogen-bond acceptors (Lipinski definition) is 5. The van der Waals surface area contributed by atoms with Crippen LogP contribution in [0.15, 0.2) is 34.6 Å². The molecule has 1 aliphatic rings. The lowest BCUT2D eigenvalue weighted by Gasteiger charge is -2.32. The summed E-state index contributed by atoms with van der Waals surface area (Å²) in [5.74, 6) is 0.458. The van der Waals surface area contributed by atoms with Gasteiger partial charge < -0.3 is 9.31 Å². The molecule has 0 N–H and O–H groups in total. The smallest absolute Gasteiger partial charge is 0.400 e. The van der Waals surface area contributed by atoms with Crippen LogP contribution in [0, 0.1) is 0 Å². The zero-order chi connectivity index (χ0) is 17.5. The second kappa shape index (κ2) is 6.28. The van der Waals surface area contributed by atoms with E-state index in [2.05, 4.69) is 12.6 Å². The van der Waals surface area contributed by atoms with E-state index in [4.69, 9.17) is 9.31 Å². The van der Waals surface area contributed by atoms with E-state index in [1.54, 1.807) is 18.2 Å². The molecule has 0 amide bonds. The molecule has 2 rings (SSSR count). The van der Waals surface area contributed by atoms with Crippen molar-refractivity contribution in [3.8, 4) is 0 Å². The predicted molar refractivity (Wildman–Crippen MR) is 97.5 cm³/mol. The summed E-state index contributed by atoms with van der Waals surface area (Å²) in [6.45, 7) is 7.97. The molecular formula is C16H23BO4S2. The van der Waals surface area contributed by atoms with Gasteiger partial charge in [-0.05, 0) is 50.9 Å². The Morgan fingerprint density at radius 3 is 2.26 bits per heavy atom. The quantitative estimate of drug-likeness (QED) is 0.667. The van der Waals surface area contributed by atoms with Gasteiger partial charge in [-0.1, -0.05) is 18.2 Å². The number of thiol groups is 1. The largest absolute Gasteiger partial charge is 0.491 e. The van der Waals surface area contributed by atoms with Gasteiger partial charge >= 0.3 is 7.12 Å². The Morgan fingerprint density at radius 2 is 1.78 bits per heavy atom. The molecule has 126 valence electrons. The summed E-state index contributed by atoms with van der Waals surface area (Å²) >= 11 is 4.37. The minimum atomic E-state index is -3.23. The van der Waals surface area contributed by atoms with Gasteiger partial charge in [-0.15, -0.1) is 0 Å². The van der Waals surface area contributed by atoms with Crippen LogP contribution in [0.3, 0.4) is 0 Å². The molecule has 0 radical (unpaired) electrons. The summed E-state index contributed by atoms with van der Waals surface area (Å²) < 4.78 is 35.4. The lowest BCUT2D eigenvalue weighted by atomic mass is 9.78. The molecule has 0 aromatic heterocycles. The molecule has 1 aromatic carbocycles. The molecule has 1 aliphatic heterocycles. The van der Waals surface area contributed by atoms with Crippen LogP contribution in [-0.4, -0.2) is 38.7 Å². The Morgan fingerprint density at radius 1 is 1.22 bits per heavy atom. The van der Waals surface area contributed by atoms with E-state index in [9.17, 15) is 8.42 Å². The first-order chi connectivity index (χ1) is 10.5. The van der Waals surface area contributed by atoms with E-state index in [0.29, 0.717) is 10.6 Å². The van der Waals surface area contributed by atoms with E-state index in [0.717, 1.165) is 11.0 Å². The van der Waals surface area contributed by atoms with Crippen molar-refractivity contribution in [1.82, 2.24) is 0 Å². The normalized spacial score (nSPS) is 20.8. The Hall–Kier alpha value is -0.755. The molecule has 1 fully saturated rings. The molecule has 7 heteroatoms. The van der Waals surface area contributed by atoms with Gasteiger partial charge in [0.15, 0.2) is 9.84 Å². The van der Waals surface area contributed by atoms with Crippen LogP contribution in [0.25, 0.3) is 6.08 Å². The Balaban J connectivity index is 2.34. The molecule has 1 heterocycles. The fourth-order valence-corrected chi connectivity index (χ4v) is 3.15. The fraction of sp³-hybridized carbons (Fsp3) is 0.500. The van der Waals surface area contributed by atoms with Crippen molar-refractivity contribution < 1.29 is 17.7 Å². The molecule has 0 bridgehead atoms. The number of rotatable bonds is 4. The van der Waals surface area contributed by atoms with Crippen molar-refractivity contribution in [3.63, 3.8) is 0 Å². The summed E-state index contributed by atoms with van der Waals surface area (Å²) in [7, 11) is -3.72. The molecule has 0 atom stereocenters. The highest BCUT2D eigenvalue weighted by Crippen LogP contribution is 2.39. The topological polar surface area (TPSA) is 52.6 Å². The van der Waals surface area contributed by atoms with Crippen molar-refractivity contribution >= 4 is 35.7 Å². The average Bonchev–Trinajstić information content (AvgIpc) is 2.64. The van der Waals surface area contributed by atoms with Crippen LogP contribution in [-0.2, 0) is 19.1 Å². The molecule has 0 spiro atoms. The van der Waals surface area contributed by atoms with Crippen molar-refractivity contribution in [2.75, 3.05) is 12.0 Å². The lowest BCUT2D eigenvalue weighted by Crippen LogP contribution is -2.41. The highest BCUT2D eigenvalue weighted by Gasteiger charge is 2.52. The Kier molecular flexibility index (Phi) is 5.07. The number of sulfone groups is 1. The van der Waals surface area contributed by atoms with Gasteiger partial charge in [0.1, 0.15) is 0 Å². The van der Waals surface area contributed by atoms with Gasteiger partial charge in [-0.3, -0.25) is 0 Å². The van der Waals surface area contributed by atoms with Crippen molar-refractivity contribution in [3.05, 3.63) is 35.3 Å². The first kappa shape index (κ1) is 18.6. The zero-order valence-corrected chi connectivity index (χ0v) is 15.9. The molecule has 23 heavy (non-hydrogen) atoms. The van der Waals surface area contributed by atoms with Gasteiger partial charge in [0.25, 0.3) is 0 Å². The lowest BCUT2D eigenvalue weighted by molar-refractivity contribution is 0.00578. The van der Waals surface area contributed by atoms with Crippen LogP contribution in [0.2, 0.25) is 0 Å². The van der Waals surface area contributed by atoms with Gasteiger partial charge in [-0.2, -0.15) is 12.6 Å². The fourth-order valence-electron chi connectivity index (χ4n) is 2.23. The highest BCUT2D eigenvalue weighted by molar-refractivity contribution is 7.90. The summed E-state index contributed by atoms with van der Waals surface area (Å²) in [6, 6.07) is 6.80. The van der Waals surface area contributed by atoms with Gasteiger partial charge in [0, 0.05) is 12.0 Å². The summed E-state index contributed by atoms with van der Waals surface area (Å²) in [5, 5.41) is 0. The van der Waals surface area contributed by atoms with E-state index in [1.807, 2.05) is 39.8 Å². The maximum absolute atomic E-state index is 11.7. The molecule has 0 saturated carbocycles. The number of hydrogen-bond donors (Lipinski definition) is 1. The molecule has 0 unspecified atom stereocenters. The summed E-state index contributed by atoms with van der Waals surface area (Å²) in [4.78, 5) is 0.290. The van der Waals surface area contributed by atoms with E-state index < -0.39 is 28.2 Å². The SMILES string of the molecule is CC1(C)OB(C(=Cc2cccc(S(C)(=O)=O)c2)CS)OC1(C)C. The van der Waals surface area contributed by atoms with Gasteiger partial charge in [0.05, 0.1) is 16.1 Å². The minimum Gasteiger partial charge on any atom is -0.400 e. The minimum absolute atomic E-state index is 0.290. The molecular weight excluding hydrogens is 331 g/mol. The summed E-state index contributed by atoms with van der Waals surface area (Å²) in [6.07, 6.45) is 3.08. The molecule has 1 aromatic rings. The van der Waals surface area contributed by atoms with E-state index in [1.165, 1.54) is 6.26 Å². The molecule has 4 nitrogen and oxygen atoms in total. The van der Waals surface area contributed by atoms with Gasteiger partial charge in [0.2, 0.25) is 0 Å². The van der Waals surface area contributed by atoms with Crippen LogP contribution >= 0.6 is 12.6 Å². The van der Waals surface area contributed by atoms with Crippen molar-refractivity contribution in [1.29, 1.82) is 0 Å². The summed E-state index contributed by atoms with van der Waals surface area (Å²) in [5.41, 5.74) is 0.798. The first-order valence-corrected chi connectivity index (χ1v) is 9.96. The second-order valence-corrected chi connectivity index (χ2v) is 9.14. The number of benzene rings is 1. The third-order valence-corrected chi connectivity index (χ3v) is 5.85. The monoisotopic (exact) mass is 354 g/mol. The van der Waals surface area contributed by atoms with Crippen LogP contribution in [0.4, 0.5) is 0 Å². The van der Waals surface area contributed by atoms with Crippen molar-refractivity contribution in [2.24, 2.45) is 0 Å². The van der Waals surface area contributed by atoms with E-state index >= 15 is 0 Å². The molecule has 1 saturated heterocycles. The first-order valence-electron chi connectivity index (χ1n) is 7.43. The van der Waals surface area contributed by atoms with Crippen LogP contribution < -0.4 is 0 Å². The highest BCUT2D eigenvalue weighted by atomic mass is 32.2. The van der Waals surface area contributed by atoms with Gasteiger partial charge in [-0.25, -0.2) is 8.42 Å². The second-order valence-electron chi connectivity index (χ2n) is 6.81. The molecule has 0 aliphatic carbocycles. The van der Waals surface area contributed by atoms with Crippen LogP contribution in [0.1, 0.15) is 33.3 Å².